The second kappa shape index (κ2) is 6.86. The number of nitrogens with one attached hydrogen (secondary N) is 1. The molecule has 0 spiro atoms. The van der Waals surface area contributed by atoms with Crippen LogP contribution in [0.25, 0.3) is 0 Å². The molecule has 0 aromatic heterocycles. The summed E-state index contributed by atoms with van der Waals surface area (Å²) in [6.45, 7) is 1.36. The highest BCUT2D eigenvalue weighted by atomic mass is 19.4. The Morgan fingerprint density at radius 3 is 2.48 bits per heavy atom. The highest BCUT2D eigenvalue weighted by Gasteiger charge is 2.49. The number of aliphatic carboxylic acids is 1. The highest BCUT2D eigenvalue weighted by Crippen LogP contribution is 2.43. The van der Waals surface area contributed by atoms with Crippen LogP contribution in [0, 0.1) is 11.8 Å². The van der Waals surface area contributed by atoms with Crippen LogP contribution in [0.15, 0.2) is 18.2 Å². The molecule has 0 bridgehead atoms. The molecule has 2 N–H and O–H groups in total. The van der Waals surface area contributed by atoms with Crippen LogP contribution in [0.2, 0.25) is 0 Å². The third-order valence-electron chi connectivity index (χ3n) is 5.23. The van der Waals surface area contributed by atoms with E-state index in [1.54, 1.807) is 0 Å². The summed E-state index contributed by atoms with van der Waals surface area (Å²) in [7, 11) is 0. The molecular weight excluding hydrogens is 365 g/mol. The van der Waals surface area contributed by atoms with Crippen molar-refractivity contribution in [3.05, 3.63) is 29.3 Å². The average molecular weight is 384 g/mol. The molecule has 1 aromatic carbocycles. The van der Waals surface area contributed by atoms with Gasteiger partial charge in [0.25, 0.3) is 5.91 Å². The third kappa shape index (κ3) is 3.77. The van der Waals surface area contributed by atoms with Crippen LogP contribution in [0.4, 0.5) is 18.9 Å². The number of halogens is 3. The van der Waals surface area contributed by atoms with Crippen LogP contribution in [0.5, 0.6) is 0 Å². The molecule has 3 unspecified atom stereocenters. The monoisotopic (exact) mass is 384 g/mol. The molecule has 6 nitrogen and oxygen atoms in total. The molecule has 2 fully saturated rings. The summed E-state index contributed by atoms with van der Waals surface area (Å²) in [5.74, 6) is -2.61. The van der Waals surface area contributed by atoms with Crippen molar-refractivity contribution >= 4 is 23.5 Å². The molecule has 2 amide bonds. The van der Waals surface area contributed by atoms with Crippen molar-refractivity contribution in [1.82, 2.24) is 4.90 Å². The molecule has 0 radical (unpaired) electrons. The quantitative estimate of drug-likeness (QED) is 0.839. The highest BCUT2D eigenvalue weighted by molar-refractivity contribution is 5.99. The Kier molecular flexibility index (Phi) is 4.88. The summed E-state index contributed by atoms with van der Waals surface area (Å²) in [6.07, 6.45) is -2.34. The van der Waals surface area contributed by atoms with E-state index in [2.05, 4.69) is 5.32 Å². The lowest BCUT2D eigenvalue weighted by atomic mass is 9.94. The Hall–Kier alpha value is -2.58. The van der Waals surface area contributed by atoms with Crippen LogP contribution in [0.1, 0.15) is 42.1 Å². The third-order valence-corrected chi connectivity index (χ3v) is 5.23. The minimum absolute atomic E-state index is 0.0515. The molecule has 1 aromatic rings. The van der Waals surface area contributed by atoms with Crippen LogP contribution in [-0.2, 0) is 15.8 Å². The van der Waals surface area contributed by atoms with Crippen LogP contribution in [-0.4, -0.2) is 40.4 Å². The van der Waals surface area contributed by atoms with Crippen molar-refractivity contribution in [3.8, 4) is 0 Å². The van der Waals surface area contributed by atoms with Gasteiger partial charge in [0.1, 0.15) is 6.04 Å². The second-order valence-corrected chi connectivity index (χ2v) is 7.07. The number of carbonyl (C=O) groups is 3. The zero-order valence-electron chi connectivity index (χ0n) is 14.5. The lowest BCUT2D eigenvalue weighted by Gasteiger charge is -2.25. The van der Waals surface area contributed by atoms with Crippen LogP contribution < -0.4 is 5.32 Å². The average Bonchev–Trinajstić information content (AvgIpc) is 3.12. The number of likely N-dealkylation sites (tertiary alicyclic amines) is 1. The number of hydrogen-bond donors (Lipinski definition) is 2. The first-order chi connectivity index (χ1) is 12.6. The number of carbonyl (C=O) groups excluding carboxylic acids is 2. The van der Waals surface area contributed by atoms with Crippen LogP contribution >= 0.6 is 0 Å². The number of fused-ring (bicyclic) bond motifs is 1. The summed E-state index contributed by atoms with van der Waals surface area (Å²) in [5, 5.41) is 11.8. The van der Waals surface area contributed by atoms with Gasteiger partial charge < -0.3 is 15.3 Å². The van der Waals surface area contributed by atoms with Crippen molar-refractivity contribution in [1.29, 1.82) is 0 Å². The number of anilines is 1. The molecule has 9 heteroatoms. The van der Waals surface area contributed by atoms with Crippen molar-refractivity contribution < 1.29 is 32.7 Å². The summed E-state index contributed by atoms with van der Waals surface area (Å²) in [4.78, 5) is 37.0. The van der Waals surface area contributed by atoms with Crippen molar-refractivity contribution in [3.63, 3.8) is 0 Å². The van der Waals surface area contributed by atoms with E-state index in [1.165, 1.54) is 0 Å². The van der Waals surface area contributed by atoms with Gasteiger partial charge in [0.15, 0.2) is 0 Å². The second-order valence-electron chi connectivity index (χ2n) is 7.07. The van der Waals surface area contributed by atoms with E-state index in [4.69, 9.17) is 0 Å². The largest absolute Gasteiger partial charge is 0.480 e. The first-order valence-corrected chi connectivity index (χ1v) is 8.61. The fourth-order valence-electron chi connectivity index (χ4n) is 4.19. The van der Waals surface area contributed by atoms with E-state index < -0.39 is 35.6 Å². The van der Waals surface area contributed by atoms with Crippen LogP contribution in [0.3, 0.4) is 0 Å². The number of alkyl halides is 3. The van der Waals surface area contributed by atoms with Crippen molar-refractivity contribution in [2.75, 3.05) is 11.9 Å². The maximum absolute atomic E-state index is 13.2. The Labute approximate surface area is 153 Å². The standard InChI is InChI=1S/C18H19F3N2O4/c1-9(24)22-13-6-11(5-12(7-13)18(19,20)21)16(25)23-8-10-3-2-4-14(10)15(23)17(26)27/h5-7,10,14-15H,2-4,8H2,1H3,(H,22,24)(H,26,27). The van der Waals surface area contributed by atoms with Gasteiger partial charge >= 0.3 is 12.1 Å². The predicted octanol–water partition coefficient (Wildman–Crippen LogP) is 2.99. The summed E-state index contributed by atoms with van der Waals surface area (Å²) >= 11 is 0. The van der Waals surface area contributed by atoms with E-state index in [0.29, 0.717) is 12.5 Å². The lowest BCUT2D eigenvalue weighted by molar-refractivity contribution is -0.143. The molecule has 2 aliphatic rings. The molecule has 3 atom stereocenters. The van der Waals surface area contributed by atoms with Gasteiger partial charge in [-0.25, -0.2) is 4.79 Å². The fourth-order valence-corrected chi connectivity index (χ4v) is 4.19. The Bertz CT molecular complexity index is 793. The molecule has 1 aliphatic carbocycles. The summed E-state index contributed by atoms with van der Waals surface area (Å²) in [6, 6.07) is 1.54. The van der Waals surface area contributed by atoms with E-state index in [0.717, 1.165) is 36.8 Å². The number of hydrogen-bond acceptors (Lipinski definition) is 3. The van der Waals surface area contributed by atoms with Crippen molar-refractivity contribution in [2.45, 2.75) is 38.4 Å². The minimum atomic E-state index is -4.71. The zero-order valence-corrected chi connectivity index (χ0v) is 14.5. The van der Waals surface area contributed by atoms with Gasteiger partial charge in [-0.3, -0.25) is 9.59 Å². The van der Waals surface area contributed by atoms with E-state index in [-0.39, 0.29) is 29.6 Å². The van der Waals surface area contributed by atoms with Gasteiger partial charge in [-0.2, -0.15) is 13.2 Å². The molecule has 146 valence electrons. The topological polar surface area (TPSA) is 86.7 Å². The maximum Gasteiger partial charge on any atom is 0.416 e. The minimum Gasteiger partial charge on any atom is -0.480 e. The first-order valence-electron chi connectivity index (χ1n) is 8.61. The van der Waals surface area contributed by atoms with Gasteiger partial charge in [0.2, 0.25) is 5.91 Å². The molecule has 3 rings (SSSR count). The number of carboxylic acids is 1. The molecule has 1 saturated carbocycles. The Balaban J connectivity index is 1.98. The van der Waals surface area contributed by atoms with E-state index >= 15 is 0 Å². The first kappa shape index (κ1) is 19.2. The number of rotatable bonds is 3. The Morgan fingerprint density at radius 1 is 1.19 bits per heavy atom. The predicted molar refractivity (Wildman–Crippen MR) is 89.0 cm³/mol. The van der Waals surface area contributed by atoms with Gasteiger partial charge in [-0.15, -0.1) is 0 Å². The molecule has 1 heterocycles. The smallest absolute Gasteiger partial charge is 0.416 e. The van der Waals surface area contributed by atoms with Gasteiger partial charge in [-0.05, 0) is 42.9 Å². The normalized spacial score (nSPS) is 24.6. The lowest BCUT2D eigenvalue weighted by Crippen LogP contribution is -2.43. The van der Waals surface area contributed by atoms with Gasteiger partial charge in [0.05, 0.1) is 5.56 Å². The SMILES string of the molecule is CC(=O)Nc1cc(C(=O)N2CC3CCCC3C2C(=O)O)cc(C(F)(F)F)c1. The molecule has 1 aliphatic heterocycles. The Morgan fingerprint density at radius 2 is 1.89 bits per heavy atom. The fraction of sp³-hybridized carbons (Fsp3) is 0.500. The number of nitrogens with zero attached hydrogens (tertiary/aromatic N) is 1. The van der Waals surface area contributed by atoms with Gasteiger partial charge in [-0.1, -0.05) is 6.42 Å². The molecule has 1 saturated heterocycles. The summed E-state index contributed by atoms with van der Waals surface area (Å²) < 4.78 is 39.6. The summed E-state index contributed by atoms with van der Waals surface area (Å²) in [5.41, 5.74) is -1.53. The maximum atomic E-state index is 13.2. The molecular formula is C18H19F3N2O4. The zero-order chi connectivity index (χ0) is 19.9. The number of carboxylic acid groups (broad SMARTS) is 1. The number of amides is 2. The van der Waals surface area contributed by atoms with Crippen molar-refractivity contribution in [2.24, 2.45) is 11.8 Å². The van der Waals surface area contributed by atoms with E-state index in [9.17, 15) is 32.7 Å². The van der Waals surface area contributed by atoms with E-state index in [1.807, 2.05) is 0 Å². The number of benzene rings is 1. The molecule has 27 heavy (non-hydrogen) atoms. The van der Waals surface area contributed by atoms with Gasteiger partial charge in [0, 0.05) is 24.7 Å².